The van der Waals surface area contributed by atoms with Gasteiger partial charge in [0.2, 0.25) is 5.91 Å². The Labute approximate surface area is 188 Å². The number of rotatable bonds is 10. The number of nitrogens with zero attached hydrogens (tertiary/aromatic N) is 2. The first kappa shape index (κ1) is 23.1. The van der Waals surface area contributed by atoms with Gasteiger partial charge in [0.15, 0.2) is 0 Å². The van der Waals surface area contributed by atoms with Gasteiger partial charge >= 0.3 is 12.0 Å². The van der Waals surface area contributed by atoms with Gasteiger partial charge in [0.25, 0.3) is 0 Å². The molecular weight excluding hydrogens is 410 g/mol. The van der Waals surface area contributed by atoms with Crippen LogP contribution in [0.2, 0.25) is 0 Å². The number of nitrogens with one attached hydrogen (secondary N) is 1. The maximum atomic E-state index is 12.7. The molecule has 0 bridgehead atoms. The number of anilines is 2. The number of hydrogen-bond donors (Lipinski definition) is 1. The molecule has 170 valence electrons. The van der Waals surface area contributed by atoms with E-state index in [-0.39, 0.29) is 24.5 Å². The summed E-state index contributed by atoms with van der Waals surface area (Å²) in [4.78, 5) is 40.3. The molecule has 3 rings (SSSR count). The van der Waals surface area contributed by atoms with Crippen molar-refractivity contribution in [3.8, 4) is 5.75 Å². The van der Waals surface area contributed by atoms with Crippen molar-refractivity contribution in [1.29, 1.82) is 0 Å². The quantitative estimate of drug-likeness (QED) is 0.448. The van der Waals surface area contributed by atoms with Gasteiger partial charge in [-0.25, -0.2) is 9.59 Å². The Bertz CT molecular complexity index is 928. The van der Waals surface area contributed by atoms with Crippen LogP contribution < -0.4 is 15.0 Å². The average Bonchev–Trinajstić information content (AvgIpc) is 3.15. The molecule has 8 heteroatoms. The Hall–Kier alpha value is -3.55. The number of amides is 3. The smallest absolute Gasteiger partial charge is 0.338 e. The lowest BCUT2D eigenvalue weighted by Crippen LogP contribution is -2.37. The summed E-state index contributed by atoms with van der Waals surface area (Å²) in [6.07, 6.45) is 1.78. The van der Waals surface area contributed by atoms with Gasteiger partial charge in [-0.1, -0.05) is 13.3 Å². The second-order valence-corrected chi connectivity index (χ2v) is 7.40. The van der Waals surface area contributed by atoms with Crippen molar-refractivity contribution in [2.75, 3.05) is 43.1 Å². The van der Waals surface area contributed by atoms with Gasteiger partial charge in [-0.2, -0.15) is 0 Å². The molecule has 0 spiro atoms. The van der Waals surface area contributed by atoms with E-state index in [2.05, 4.69) is 5.32 Å². The molecular formula is C24H29N3O5. The van der Waals surface area contributed by atoms with E-state index < -0.39 is 0 Å². The highest BCUT2D eigenvalue weighted by molar-refractivity contribution is 5.99. The Kier molecular flexibility index (Phi) is 8.08. The summed E-state index contributed by atoms with van der Waals surface area (Å²) < 4.78 is 10.6. The average molecular weight is 440 g/mol. The first-order valence-corrected chi connectivity index (χ1v) is 10.9. The van der Waals surface area contributed by atoms with Crippen molar-refractivity contribution in [1.82, 2.24) is 4.90 Å². The van der Waals surface area contributed by atoms with Crippen LogP contribution in [0.1, 0.15) is 37.0 Å². The maximum absolute atomic E-state index is 12.7. The van der Waals surface area contributed by atoms with Crippen LogP contribution in [-0.2, 0) is 9.53 Å². The molecule has 1 heterocycles. The molecule has 0 radical (unpaired) electrons. The summed E-state index contributed by atoms with van der Waals surface area (Å²) in [7, 11) is 0. The highest BCUT2D eigenvalue weighted by atomic mass is 16.5. The van der Waals surface area contributed by atoms with Crippen molar-refractivity contribution < 1.29 is 23.9 Å². The first-order chi connectivity index (χ1) is 15.5. The summed E-state index contributed by atoms with van der Waals surface area (Å²) in [5.41, 5.74) is 1.75. The van der Waals surface area contributed by atoms with E-state index in [9.17, 15) is 14.4 Å². The summed E-state index contributed by atoms with van der Waals surface area (Å²) in [5, 5.41) is 2.76. The molecule has 0 aromatic heterocycles. The number of unbranched alkanes of at least 4 members (excludes halogenated alkanes) is 1. The standard InChI is InChI=1S/C24H29N3O5/c1-3-5-16-32-23(29)18-6-8-19(9-7-18)25-22(28)17-26-14-15-27(24(26)30)20-10-12-21(13-11-20)31-4-2/h6-13H,3-5,14-17H2,1-2H3,(H,25,28). The molecule has 0 unspecified atom stereocenters. The van der Waals surface area contributed by atoms with E-state index in [1.54, 1.807) is 29.2 Å². The number of carbonyl (C=O) groups is 3. The Morgan fingerprint density at radius 2 is 1.72 bits per heavy atom. The van der Waals surface area contributed by atoms with Gasteiger partial charge in [-0.05, 0) is 61.9 Å². The summed E-state index contributed by atoms with van der Waals surface area (Å²) >= 11 is 0. The van der Waals surface area contributed by atoms with Crippen LogP contribution in [0.3, 0.4) is 0 Å². The highest BCUT2D eigenvalue weighted by Gasteiger charge is 2.30. The molecule has 0 aliphatic carbocycles. The molecule has 3 amide bonds. The van der Waals surface area contributed by atoms with Crippen molar-refractivity contribution >= 4 is 29.3 Å². The fourth-order valence-corrected chi connectivity index (χ4v) is 3.31. The van der Waals surface area contributed by atoms with E-state index in [1.807, 2.05) is 38.1 Å². The topological polar surface area (TPSA) is 88.2 Å². The van der Waals surface area contributed by atoms with Crippen molar-refractivity contribution in [3.63, 3.8) is 0 Å². The maximum Gasteiger partial charge on any atom is 0.338 e. The number of urea groups is 1. The zero-order chi connectivity index (χ0) is 22.9. The Morgan fingerprint density at radius 3 is 2.38 bits per heavy atom. The van der Waals surface area contributed by atoms with Crippen LogP contribution in [0.15, 0.2) is 48.5 Å². The highest BCUT2D eigenvalue weighted by Crippen LogP contribution is 2.23. The summed E-state index contributed by atoms with van der Waals surface area (Å²) in [6, 6.07) is 13.6. The van der Waals surface area contributed by atoms with E-state index in [0.717, 1.165) is 24.3 Å². The second-order valence-electron chi connectivity index (χ2n) is 7.40. The summed E-state index contributed by atoms with van der Waals surface area (Å²) in [5.74, 6) is 0.0675. The van der Waals surface area contributed by atoms with E-state index in [0.29, 0.717) is 37.6 Å². The second kappa shape index (κ2) is 11.2. The zero-order valence-electron chi connectivity index (χ0n) is 18.5. The third-order valence-electron chi connectivity index (χ3n) is 5.02. The molecule has 1 N–H and O–H groups in total. The van der Waals surface area contributed by atoms with Gasteiger partial charge in [-0.3, -0.25) is 9.69 Å². The number of hydrogen-bond acceptors (Lipinski definition) is 5. The molecule has 2 aromatic carbocycles. The molecule has 1 saturated heterocycles. The third-order valence-corrected chi connectivity index (χ3v) is 5.02. The van der Waals surface area contributed by atoms with Crippen molar-refractivity contribution in [2.24, 2.45) is 0 Å². The fraction of sp³-hybridized carbons (Fsp3) is 0.375. The SMILES string of the molecule is CCCCOC(=O)c1ccc(NC(=O)CN2CCN(c3ccc(OCC)cc3)C2=O)cc1. The lowest BCUT2D eigenvalue weighted by molar-refractivity contribution is -0.116. The minimum absolute atomic E-state index is 0.0484. The van der Waals surface area contributed by atoms with Gasteiger partial charge < -0.3 is 19.7 Å². The first-order valence-electron chi connectivity index (χ1n) is 10.9. The molecule has 1 aliphatic rings. The lowest BCUT2D eigenvalue weighted by atomic mass is 10.2. The fourth-order valence-electron chi connectivity index (χ4n) is 3.31. The number of benzene rings is 2. The van der Waals surface area contributed by atoms with Crippen molar-refractivity contribution in [2.45, 2.75) is 26.7 Å². The van der Waals surface area contributed by atoms with E-state index in [1.165, 1.54) is 4.90 Å². The minimum Gasteiger partial charge on any atom is -0.494 e. The van der Waals surface area contributed by atoms with Gasteiger partial charge in [-0.15, -0.1) is 0 Å². The molecule has 0 atom stereocenters. The van der Waals surface area contributed by atoms with Crippen LogP contribution in [-0.4, -0.2) is 55.7 Å². The molecule has 8 nitrogen and oxygen atoms in total. The summed E-state index contributed by atoms with van der Waals surface area (Å²) in [6.45, 7) is 5.84. The van der Waals surface area contributed by atoms with Crippen LogP contribution >= 0.6 is 0 Å². The van der Waals surface area contributed by atoms with Gasteiger partial charge in [0.1, 0.15) is 12.3 Å². The minimum atomic E-state index is -0.381. The van der Waals surface area contributed by atoms with Crippen LogP contribution in [0, 0.1) is 0 Å². The third kappa shape index (κ3) is 6.00. The molecule has 2 aromatic rings. The Morgan fingerprint density at radius 1 is 1.00 bits per heavy atom. The monoisotopic (exact) mass is 439 g/mol. The van der Waals surface area contributed by atoms with Crippen LogP contribution in [0.5, 0.6) is 5.75 Å². The van der Waals surface area contributed by atoms with E-state index >= 15 is 0 Å². The molecule has 0 saturated carbocycles. The van der Waals surface area contributed by atoms with E-state index in [4.69, 9.17) is 9.47 Å². The van der Waals surface area contributed by atoms with Crippen molar-refractivity contribution in [3.05, 3.63) is 54.1 Å². The lowest BCUT2D eigenvalue weighted by Gasteiger charge is -2.19. The molecule has 32 heavy (non-hydrogen) atoms. The zero-order valence-corrected chi connectivity index (χ0v) is 18.5. The predicted octanol–water partition coefficient (Wildman–Crippen LogP) is 3.92. The van der Waals surface area contributed by atoms with Crippen LogP contribution in [0.4, 0.5) is 16.2 Å². The number of ether oxygens (including phenoxy) is 2. The largest absolute Gasteiger partial charge is 0.494 e. The number of carbonyl (C=O) groups excluding carboxylic acids is 3. The normalized spacial score (nSPS) is 13.2. The predicted molar refractivity (Wildman–Crippen MR) is 122 cm³/mol. The molecule has 1 fully saturated rings. The van der Waals surface area contributed by atoms with Gasteiger partial charge in [0.05, 0.1) is 18.8 Å². The van der Waals surface area contributed by atoms with Gasteiger partial charge in [0, 0.05) is 24.5 Å². The molecule has 1 aliphatic heterocycles. The van der Waals surface area contributed by atoms with Crippen LogP contribution in [0.25, 0.3) is 0 Å². The Balaban J connectivity index is 1.50. The number of esters is 1.